The lowest BCUT2D eigenvalue weighted by Crippen LogP contribution is -2.40. The lowest BCUT2D eigenvalue weighted by atomic mass is 10.2. The van der Waals surface area contributed by atoms with Crippen LogP contribution in [0.3, 0.4) is 0 Å². The smallest absolute Gasteiger partial charge is 0.276 e. The number of hydrogen-bond acceptors (Lipinski definition) is 5. The molecule has 0 radical (unpaired) electrons. The molecule has 0 aliphatic carbocycles. The fraction of sp³-hybridized carbons (Fsp3) is 0.176. The Labute approximate surface area is 153 Å². The second kappa shape index (κ2) is 6.72. The van der Waals surface area contributed by atoms with Crippen LogP contribution in [0.5, 0.6) is 5.88 Å². The molecule has 3 heterocycles. The zero-order valence-electron chi connectivity index (χ0n) is 13.5. The van der Waals surface area contributed by atoms with Crippen molar-refractivity contribution in [2.45, 2.75) is 13.2 Å². The number of benzene rings is 1. The van der Waals surface area contributed by atoms with Crippen LogP contribution in [0.25, 0.3) is 0 Å². The Morgan fingerprint density at radius 2 is 1.96 bits per heavy atom. The largest absolute Gasteiger partial charge is 0.471 e. The highest BCUT2D eigenvalue weighted by Gasteiger charge is 2.27. The van der Waals surface area contributed by atoms with Crippen molar-refractivity contribution in [2.75, 3.05) is 11.4 Å². The van der Waals surface area contributed by atoms with Crippen LogP contribution in [0.1, 0.15) is 16.2 Å². The average molecular weight is 374 g/mol. The third-order valence-corrected chi connectivity index (χ3v) is 4.15. The number of ether oxygens (including phenoxy) is 1. The summed E-state index contributed by atoms with van der Waals surface area (Å²) in [6.07, 6.45) is 1.31. The van der Waals surface area contributed by atoms with E-state index < -0.39 is 0 Å². The summed E-state index contributed by atoms with van der Waals surface area (Å²) in [4.78, 5) is 22.1. The number of hydrogen-bond donors (Lipinski definition) is 0. The van der Waals surface area contributed by atoms with Crippen LogP contribution in [0, 0.1) is 5.82 Å². The second-order valence-electron chi connectivity index (χ2n) is 5.64. The van der Waals surface area contributed by atoms with E-state index in [-0.39, 0.29) is 23.5 Å². The van der Waals surface area contributed by atoms with Gasteiger partial charge in [0, 0.05) is 18.3 Å². The molecule has 0 atom stereocenters. The van der Waals surface area contributed by atoms with E-state index in [2.05, 4.69) is 15.1 Å². The van der Waals surface area contributed by atoms with Gasteiger partial charge >= 0.3 is 0 Å². The van der Waals surface area contributed by atoms with E-state index in [0.717, 1.165) is 0 Å². The number of fused-ring (bicyclic) bond motifs is 1. The van der Waals surface area contributed by atoms with Gasteiger partial charge < -0.3 is 9.64 Å². The Hall–Kier alpha value is -3.00. The first kappa shape index (κ1) is 16.5. The minimum absolute atomic E-state index is 0.150. The molecule has 0 unspecified atom stereocenters. The first-order chi connectivity index (χ1) is 12.6. The Kier molecular flexibility index (Phi) is 4.26. The molecule has 132 valence electrons. The maximum absolute atomic E-state index is 13.1. The molecule has 2 aromatic heterocycles. The predicted molar refractivity (Wildman–Crippen MR) is 91.7 cm³/mol. The highest BCUT2D eigenvalue weighted by atomic mass is 35.5. The molecule has 26 heavy (non-hydrogen) atoms. The zero-order valence-corrected chi connectivity index (χ0v) is 14.2. The van der Waals surface area contributed by atoms with Gasteiger partial charge in [-0.2, -0.15) is 5.10 Å². The SMILES string of the molecule is O=C1c2cc(COc3cc(Cl)ncn3)nn2CCN1c1ccc(F)cc1. The van der Waals surface area contributed by atoms with E-state index in [4.69, 9.17) is 16.3 Å². The van der Waals surface area contributed by atoms with Crippen LogP contribution in [0.4, 0.5) is 10.1 Å². The first-order valence-corrected chi connectivity index (χ1v) is 8.22. The van der Waals surface area contributed by atoms with E-state index >= 15 is 0 Å². The molecule has 0 N–H and O–H groups in total. The van der Waals surface area contributed by atoms with Gasteiger partial charge in [0.15, 0.2) is 0 Å². The van der Waals surface area contributed by atoms with Crippen LogP contribution in [-0.2, 0) is 13.2 Å². The minimum Gasteiger partial charge on any atom is -0.471 e. The van der Waals surface area contributed by atoms with Gasteiger partial charge in [0.1, 0.15) is 35.3 Å². The topological polar surface area (TPSA) is 73.1 Å². The third kappa shape index (κ3) is 3.23. The molecule has 3 aromatic rings. The standard InChI is InChI=1S/C17H13ClFN5O2/c18-15-8-16(21-10-20-15)26-9-12-7-14-17(25)23(5-6-24(14)22-12)13-3-1-11(19)2-4-13/h1-4,7-8,10H,5-6,9H2. The summed E-state index contributed by atoms with van der Waals surface area (Å²) >= 11 is 5.79. The van der Waals surface area contributed by atoms with Crippen LogP contribution >= 0.6 is 11.6 Å². The third-order valence-electron chi connectivity index (χ3n) is 3.95. The minimum atomic E-state index is -0.340. The van der Waals surface area contributed by atoms with Crippen molar-refractivity contribution in [1.29, 1.82) is 0 Å². The quantitative estimate of drug-likeness (QED) is 0.657. The van der Waals surface area contributed by atoms with Crippen molar-refractivity contribution in [3.63, 3.8) is 0 Å². The number of carbonyl (C=O) groups is 1. The molecule has 1 amide bonds. The maximum atomic E-state index is 13.1. The summed E-state index contributed by atoms with van der Waals surface area (Å²) in [5.74, 6) is -0.200. The summed E-state index contributed by atoms with van der Waals surface area (Å²) in [5, 5.41) is 4.67. The molecule has 4 rings (SSSR count). The van der Waals surface area contributed by atoms with Gasteiger partial charge in [0.25, 0.3) is 5.91 Å². The van der Waals surface area contributed by atoms with Gasteiger partial charge in [-0.3, -0.25) is 9.48 Å². The van der Waals surface area contributed by atoms with E-state index in [9.17, 15) is 9.18 Å². The van der Waals surface area contributed by atoms with E-state index in [0.29, 0.717) is 36.0 Å². The van der Waals surface area contributed by atoms with Crippen molar-refractivity contribution in [2.24, 2.45) is 0 Å². The van der Waals surface area contributed by atoms with Crippen molar-refractivity contribution in [1.82, 2.24) is 19.7 Å². The summed E-state index contributed by atoms with van der Waals surface area (Å²) in [6.45, 7) is 1.15. The highest BCUT2D eigenvalue weighted by Crippen LogP contribution is 2.22. The van der Waals surface area contributed by atoms with Crippen molar-refractivity contribution >= 4 is 23.2 Å². The lowest BCUT2D eigenvalue weighted by molar-refractivity contribution is 0.0962. The number of rotatable bonds is 4. The Balaban J connectivity index is 1.51. The molecule has 1 aromatic carbocycles. The van der Waals surface area contributed by atoms with Crippen LogP contribution in [-0.4, -0.2) is 32.2 Å². The molecule has 0 fully saturated rings. The fourth-order valence-electron chi connectivity index (χ4n) is 2.73. The molecular weight excluding hydrogens is 361 g/mol. The summed E-state index contributed by atoms with van der Waals surface area (Å²) in [7, 11) is 0. The molecular formula is C17H13ClFN5O2. The normalized spacial score (nSPS) is 13.6. The molecule has 1 aliphatic heterocycles. The monoisotopic (exact) mass is 373 g/mol. The van der Waals surface area contributed by atoms with Gasteiger partial charge in [0.05, 0.1) is 6.54 Å². The van der Waals surface area contributed by atoms with Crippen molar-refractivity contribution in [3.05, 3.63) is 65.1 Å². The number of halogens is 2. The molecule has 7 nitrogen and oxygen atoms in total. The average Bonchev–Trinajstić information content (AvgIpc) is 3.06. The van der Waals surface area contributed by atoms with Crippen LogP contribution < -0.4 is 9.64 Å². The molecule has 0 bridgehead atoms. The summed E-state index contributed by atoms with van der Waals surface area (Å²) in [6, 6.07) is 9.02. The summed E-state index contributed by atoms with van der Waals surface area (Å²) in [5.41, 5.74) is 1.71. The number of carbonyl (C=O) groups excluding carboxylic acids is 1. The van der Waals surface area contributed by atoms with E-state index in [1.165, 1.54) is 24.5 Å². The van der Waals surface area contributed by atoms with Crippen LogP contribution in [0.15, 0.2) is 42.7 Å². The van der Waals surface area contributed by atoms with Gasteiger partial charge in [-0.05, 0) is 30.3 Å². The Morgan fingerprint density at radius 3 is 2.73 bits per heavy atom. The molecule has 0 spiro atoms. The van der Waals surface area contributed by atoms with Gasteiger partial charge in [-0.1, -0.05) is 11.6 Å². The fourth-order valence-corrected chi connectivity index (χ4v) is 2.87. The number of amides is 1. The zero-order chi connectivity index (χ0) is 18.1. The van der Waals surface area contributed by atoms with E-state index in [1.54, 1.807) is 27.8 Å². The highest BCUT2D eigenvalue weighted by molar-refractivity contribution is 6.29. The lowest BCUT2D eigenvalue weighted by Gasteiger charge is -2.27. The number of aromatic nitrogens is 4. The predicted octanol–water partition coefficient (Wildman–Crippen LogP) is 2.71. The van der Waals surface area contributed by atoms with Crippen LogP contribution in [0.2, 0.25) is 5.15 Å². The molecule has 0 saturated heterocycles. The van der Waals surface area contributed by atoms with Gasteiger partial charge in [-0.25, -0.2) is 14.4 Å². The summed E-state index contributed by atoms with van der Waals surface area (Å²) < 4.78 is 20.3. The van der Waals surface area contributed by atoms with Crippen molar-refractivity contribution < 1.29 is 13.9 Å². The molecule has 9 heteroatoms. The number of anilines is 1. The first-order valence-electron chi connectivity index (χ1n) is 7.85. The Bertz CT molecular complexity index is 960. The maximum Gasteiger partial charge on any atom is 0.276 e. The van der Waals surface area contributed by atoms with Gasteiger partial charge in [0.2, 0.25) is 5.88 Å². The Morgan fingerprint density at radius 1 is 1.15 bits per heavy atom. The van der Waals surface area contributed by atoms with E-state index in [1.807, 2.05) is 0 Å². The molecule has 0 saturated carbocycles. The second-order valence-corrected chi connectivity index (χ2v) is 6.03. The van der Waals surface area contributed by atoms with Gasteiger partial charge in [-0.15, -0.1) is 0 Å². The molecule has 1 aliphatic rings. The number of nitrogens with zero attached hydrogens (tertiary/aromatic N) is 5. The van der Waals surface area contributed by atoms with Crippen molar-refractivity contribution in [3.8, 4) is 5.88 Å².